The molecule has 0 atom stereocenters. The molecule has 0 amide bonds. The van der Waals surface area contributed by atoms with Crippen LogP contribution in [0.25, 0.3) is 0 Å². The zero-order valence-electron chi connectivity index (χ0n) is 14.5. The first-order valence-electron chi connectivity index (χ1n) is 8.03. The monoisotopic (exact) mass is 394 g/mol. The summed E-state index contributed by atoms with van der Waals surface area (Å²) in [6.45, 7) is 1.57. The normalized spacial score (nSPS) is 17.6. The van der Waals surface area contributed by atoms with E-state index in [1.165, 1.54) is 11.2 Å². The lowest BCUT2D eigenvalue weighted by molar-refractivity contribution is -0.139. The maximum absolute atomic E-state index is 12.9. The highest BCUT2D eigenvalue weighted by Gasteiger charge is 2.35. The molecule has 1 saturated heterocycles. The average molecular weight is 394 g/mol. The Kier molecular flexibility index (Phi) is 5.99. The van der Waals surface area contributed by atoms with Crippen LogP contribution in [0.1, 0.15) is 24.0 Å². The predicted molar refractivity (Wildman–Crippen MR) is 88.2 cm³/mol. The zero-order valence-corrected chi connectivity index (χ0v) is 15.3. The summed E-state index contributed by atoms with van der Waals surface area (Å²) in [7, 11) is -2.40. The van der Waals surface area contributed by atoms with Gasteiger partial charge >= 0.3 is 12.1 Å². The fraction of sp³-hybridized carbons (Fsp3) is 0.562. The average Bonchev–Trinajstić information content (AvgIpc) is 2.53. The number of piperidine rings is 1. The Morgan fingerprint density at radius 2 is 1.88 bits per heavy atom. The van der Waals surface area contributed by atoms with Gasteiger partial charge in [0.2, 0.25) is 10.0 Å². The van der Waals surface area contributed by atoms with Crippen molar-refractivity contribution in [2.24, 2.45) is 0 Å². The molecular weight excluding hydrogens is 373 g/mol. The number of carboxylic acids is 1. The zero-order chi connectivity index (χ0) is 19.7. The molecule has 0 bridgehead atoms. The van der Waals surface area contributed by atoms with E-state index in [9.17, 15) is 26.4 Å². The molecule has 2 rings (SSSR count). The number of nitrogens with zero attached hydrogens (tertiary/aromatic N) is 2. The predicted octanol–water partition coefficient (Wildman–Crippen LogP) is 2.18. The third kappa shape index (κ3) is 4.54. The third-order valence-corrected chi connectivity index (χ3v) is 6.61. The number of aryl methyl sites for hydroxylation is 1. The SMILES string of the molecule is Cc1ccc(C(F)(F)F)cc1S(=O)(=O)N1CCC(N(C)CC(=O)O)CC1. The van der Waals surface area contributed by atoms with E-state index in [-0.39, 0.29) is 36.1 Å². The number of likely N-dealkylation sites (N-methyl/N-ethyl adjacent to an activating group) is 1. The Morgan fingerprint density at radius 3 is 2.38 bits per heavy atom. The molecule has 0 aromatic heterocycles. The van der Waals surface area contributed by atoms with E-state index in [1.807, 2.05) is 0 Å². The molecule has 1 N–H and O–H groups in total. The van der Waals surface area contributed by atoms with Crippen molar-refractivity contribution < 1.29 is 31.5 Å². The molecule has 0 spiro atoms. The number of aliphatic carboxylic acids is 1. The van der Waals surface area contributed by atoms with Gasteiger partial charge in [0.05, 0.1) is 17.0 Å². The minimum absolute atomic E-state index is 0.0832. The van der Waals surface area contributed by atoms with Gasteiger partial charge in [0, 0.05) is 19.1 Å². The summed E-state index contributed by atoms with van der Waals surface area (Å²) < 4.78 is 65.5. The summed E-state index contributed by atoms with van der Waals surface area (Å²) in [4.78, 5) is 12.1. The molecule has 1 aliphatic heterocycles. The lowest BCUT2D eigenvalue weighted by atomic mass is 10.1. The molecule has 1 heterocycles. The van der Waals surface area contributed by atoms with E-state index >= 15 is 0 Å². The highest BCUT2D eigenvalue weighted by atomic mass is 32.2. The topological polar surface area (TPSA) is 77.9 Å². The number of carbonyl (C=O) groups is 1. The van der Waals surface area contributed by atoms with Gasteiger partial charge in [-0.15, -0.1) is 0 Å². The van der Waals surface area contributed by atoms with Crippen molar-refractivity contribution in [3.8, 4) is 0 Å². The van der Waals surface area contributed by atoms with Gasteiger partial charge in [-0.3, -0.25) is 9.69 Å². The van der Waals surface area contributed by atoms with Crippen molar-refractivity contribution in [2.45, 2.75) is 36.9 Å². The molecule has 1 aliphatic rings. The molecule has 0 unspecified atom stereocenters. The van der Waals surface area contributed by atoms with Crippen LogP contribution in [0.2, 0.25) is 0 Å². The summed E-state index contributed by atoms with van der Waals surface area (Å²) in [6, 6.07) is 2.61. The van der Waals surface area contributed by atoms with E-state index in [0.29, 0.717) is 18.9 Å². The van der Waals surface area contributed by atoms with Crippen molar-refractivity contribution >= 4 is 16.0 Å². The Balaban J connectivity index is 2.18. The second kappa shape index (κ2) is 7.53. The van der Waals surface area contributed by atoms with Gasteiger partial charge in [-0.05, 0) is 44.5 Å². The van der Waals surface area contributed by atoms with Crippen LogP contribution in [0.5, 0.6) is 0 Å². The lowest BCUT2D eigenvalue weighted by Gasteiger charge is -2.35. The number of halogens is 3. The Bertz CT molecular complexity index is 772. The van der Waals surface area contributed by atoms with Gasteiger partial charge in [0.15, 0.2) is 0 Å². The minimum atomic E-state index is -4.62. The fourth-order valence-corrected chi connectivity index (χ4v) is 4.78. The standard InChI is InChI=1S/C16H21F3N2O4S/c1-11-3-4-12(16(17,18)19)9-14(11)26(24,25)21-7-5-13(6-8-21)20(2)10-15(22)23/h3-4,9,13H,5-8,10H2,1-2H3,(H,22,23). The van der Waals surface area contributed by atoms with Gasteiger partial charge in [-0.1, -0.05) is 6.07 Å². The fourth-order valence-electron chi connectivity index (χ4n) is 3.06. The molecule has 1 aromatic carbocycles. The van der Waals surface area contributed by atoms with Crippen LogP contribution in [-0.2, 0) is 21.0 Å². The first-order valence-corrected chi connectivity index (χ1v) is 9.47. The Hall–Kier alpha value is -1.65. The summed E-state index contributed by atoms with van der Waals surface area (Å²) in [5, 5.41) is 8.83. The molecule has 0 saturated carbocycles. The Morgan fingerprint density at radius 1 is 1.31 bits per heavy atom. The van der Waals surface area contributed by atoms with Crippen molar-refractivity contribution in [3.63, 3.8) is 0 Å². The highest BCUT2D eigenvalue weighted by molar-refractivity contribution is 7.89. The van der Waals surface area contributed by atoms with E-state index in [0.717, 1.165) is 12.1 Å². The van der Waals surface area contributed by atoms with E-state index < -0.39 is 27.7 Å². The van der Waals surface area contributed by atoms with Gasteiger partial charge in [-0.25, -0.2) is 8.42 Å². The van der Waals surface area contributed by atoms with Crippen LogP contribution in [0.15, 0.2) is 23.1 Å². The van der Waals surface area contributed by atoms with Crippen LogP contribution in [0.3, 0.4) is 0 Å². The van der Waals surface area contributed by atoms with Crippen molar-refractivity contribution in [1.29, 1.82) is 0 Å². The number of rotatable bonds is 5. The number of sulfonamides is 1. The van der Waals surface area contributed by atoms with E-state index in [2.05, 4.69) is 0 Å². The van der Waals surface area contributed by atoms with Gasteiger partial charge in [-0.2, -0.15) is 17.5 Å². The largest absolute Gasteiger partial charge is 0.480 e. The molecule has 146 valence electrons. The number of alkyl halides is 3. The number of hydrogen-bond donors (Lipinski definition) is 1. The van der Waals surface area contributed by atoms with E-state index in [1.54, 1.807) is 11.9 Å². The molecule has 1 aromatic rings. The Labute approximate surface area is 150 Å². The second-order valence-corrected chi connectivity index (χ2v) is 8.33. The summed E-state index contributed by atoms with van der Waals surface area (Å²) in [5.74, 6) is -0.970. The van der Waals surface area contributed by atoms with Gasteiger partial charge in [0.25, 0.3) is 0 Å². The first kappa shape index (κ1) is 20.7. The highest BCUT2D eigenvalue weighted by Crippen LogP contribution is 2.33. The van der Waals surface area contributed by atoms with Crippen molar-refractivity contribution in [1.82, 2.24) is 9.21 Å². The van der Waals surface area contributed by atoms with Crippen LogP contribution in [-0.4, -0.2) is 61.4 Å². The lowest BCUT2D eigenvalue weighted by Crippen LogP contribution is -2.46. The summed E-state index contributed by atoms with van der Waals surface area (Å²) >= 11 is 0. The van der Waals surface area contributed by atoms with Gasteiger partial charge < -0.3 is 5.11 Å². The quantitative estimate of drug-likeness (QED) is 0.828. The summed E-state index contributed by atoms with van der Waals surface area (Å²) in [5.41, 5.74) is -0.749. The molecule has 1 fully saturated rings. The van der Waals surface area contributed by atoms with Gasteiger partial charge in [0.1, 0.15) is 0 Å². The number of carboxylic acid groups (broad SMARTS) is 1. The number of benzene rings is 1. The van der Waals surface area contributed by atoms with Crippen LogP contribution in [0, 0.1) is 6.92 Å². The third-order valence-electron chi connectivity index (χ3n) is 4.56. The minimum Gasteiger partial charge on any atom is -0.480 e. The molecule has 0 radical (unpaired) electrons. The molecule has 26 heavy (non-hydrogen) atoms. The van der Waals surface area contributed by atoms with Crippen molar-refractivity contribution in [3.05, 3.63) is 29.3 Å². The van der Waals surface area contributed by atoms with Crippen LogP contribution < -0.4 is 0 Å². The molecule has 10 heteroatoms. The molecule has 0 aliphatic carbocycles. The number of hydrogen-bond acceptors (Lipinski definition) is 4. The first-order chi connectivity index (χ1) is 11.9. The van der Waals surface area contributed by atoms with Crippen molar-refractivity contribution in [2.75, 3.05) is 26.7 Å². The maximum Gasteiger partial charge on any atom is 0.416 e. The van der Waals surface area contributed by atoms with E-state index in [4.69, 9.17) is 5.11 Å². The maximum atomic E-state index is 12.9. The summed E-state index contributed by atoms with van der Waals surface area (Å²) in [6.07, 6.45) is -3.79. The molecular formula is C16H21F3N2O4S. The van der Waals surface area contributed by atoms with Crippen LogP contribution >= 0.6 is 0 Å². The second-order valence-electron chi connectivity index (χ2n) is 6.42. The van der Waals surface area contributed by atoms with Crippen LogP contribution in [0.4, 0.5) is 13.2 Å². The smallest absolute Gasteiger partial charge is 0.416 e. The molecule has 6 nitrogen and oxygen atoms in total.